The highest BCUT2D eigenvalue weighted by atomic mass is 35.5. The van der Waals surface area contributed by atoms with Gasteiger partial charge in [-0.2, -0.15) is 0 Å². The first-order valence-electron chi connectivity index (χ1n) is 8.43. The van der Waals surface area contributed by atoms with Crippen LogP contribution in [0.1, 0.15) is 35.6 Å². The van der Waals surface area contributed by atoms with Gasteiger partial charge in [-0.1, -0.05) is 54.8 Å². The molecule has 0 spiro atoms. The third-order valence-corrected chi connectivity index (χ3v) is 4.65. The van der Waals surface area contributed by atoms with Gasteiger partial charge in [0.1, 0.15) is 17.9 Å². The molecule has 3 aromatic rings. The predicted octanol–water partition coefficient (Wildman–Crippen LogP) is 5.59. The Kier molecular flexibility index (Phi) is 5.14. The summed E-state index contributed by atoms with van der Waals surface area (Å²) in [5.41, 5.74) is 4.13. The summed E-state index contributed by atoms with van der Waals surface area (Å²) in [4.78, 5) is 12.2. The summed E-state index contributed by atoms with van der Waals surface area (Å²) in [6.07, 6.45) is 1.59. The van der Waals surface area contributed by atoms with Crippen molar-refractivity contribution in [3.05, 3.63) is 74.1 Å². The lowest BCUT2D eigenvalue weighted by molar-refractivity contribution is 0.306. The van der Waals surface area contributed by atoms with Crippen molar-refractivity contribution in [2.75, 3.05) is 0 Å². The van der Waals surface area contributed by atoms with Crippen molar-refractivity contribution in [1.29, 1.82) is 0 Å². The maximum atomic E-state index is 12.2. The molecule has 0 N–H and O–H groups in total. The highest BCUT2D eigenvalue weighted by Gasteiger charge is 2.14. The van der Waals surface area contributed by atoms with E-state index in [4.69, 9.17) is 20.8 Å². The first kappa shape index (κ1) is 17.6. The first-order chi connectivity index (χ1) is 12.0. The molecule has 2 aromatic carbocycles. The summed E-state index contributed by atoms with van der Waals surface area (Å²) in [6, 6.07) is 11.6. The third-order valence-electron chi connectivity index (χ3n) is 4.35. The molecule has 1 heterocycles. The fourth-order valence-corrected chi connectivity index (χ4v) is 3.10. The van der Waals surface area contributed by atoms with Crippen molar-refractivity contribution in [3.63, 3.8) is 0 Å². The van der Waals surface area contributed by atoms with Gasteiger partial charge in [0.05, 0.1) is 5.02 Å². The van der Waals surface area contributed by atoms with E-state index in [1.54, 1.807) is 6.07 Å². The maximum absolute atomic E-state index is 12.2. The van der Waals surface area contributed by atoms with Gasteiger partial charge in [0, 0.05) is 17.0 Å². The van der Waals surface area contributed by atoms with E-state index in [1.165, 1.54) is 5.56 Å². The maximum Gasteiger partial charge on any atom is 0.339 e. The van der Waals surface area contributed by atoms with Crippen LogP contribution < -0.4 is 10.4 Å². The zero-order valence-electron chi connectivity index (χ0n) is 14.7. The van der Waals surface area contributed by atoms with Crippen LogP contribution in [0.4, 0.5) is 0 Å². The Hall–Kier alpha value is -2.26. The summed E-state index contributed by atoms with van der Waals surface area (Å²) in [5.74, 6) is 0.514. The first-order valence-corrected chi connectivity index (χ1v) is 8.81. The molecule has 3 nitrogen and oxygen atoms in total. The molecule has 0 saturated heterocycles. The SMILES string of the molecule is CCCc1c(C)c2cc(Cl)c(OCc3ccc(C)cc3)cc2oc1=O. The van der Waals surface area contributed by atoms with E-state index in [-0.39, 0.29) is 5.63 Å². The zero-order chi connectivity index (χ0) is 18.0. The van der Waals surface area contributed by atoms with Crippen LogP contribution in [0.15, 0.2) is 45.6 Å². The monoisotopic (exact) mass is 356 g/mol. The van der Waals surface area contributed by atoms with E-state index < -0.39 is 0 Å². The molecule has 1 aromatic heterocycles. The Labute approximate surface area is 152 Å². The molecule has 0 fully saturated rings. The topological polar surface area (TPSA) is 39.4 Å². The fourth-order valence-electron chi connectivity index (χ4n) is 2.88. The molecule has 130 valence electrons. The van der Waals surface area contributed by atoms with E-state index in [2.05, 4.69) is 0 Å². The number of halogens is 1. The average molecular weight is 357 g/mol. The molecule has 0 radical (unpaired) electrons. The van der Waals surface area contributed by atoms with Crippen molar-refractivity contribution in [1.82, 2.24) is 0 Å². The van der Waals surface area contributed by atoms with Gasteiger partial charge in [-0.25, -0.2) is 4.79 Å². The number of ether oxygens (including phenoxy) is 1. The van der Waals surface area contributed by atoms with E-state index in [1.807, 2.05) is 51.1 Å². The molecule has 4 heteroatoms. The molecule has 0 unspecified atom stereocenters. The lowest BCUT2D eigenvalue weighted by Crippen LogP contribution is -2.10. The van der Waals surface area contributed by atoms with Gasteiger partial charge in [0.15, 0.2) is 0 Å². The van der Waals surface area contributed by atoms with Crippen molar-refractivity contribution >= 4 is 22.6 Å². The molecule has 0 amide bonds. The van der Waals surface area contributed by atoms with Crippen LogP contribution in [-0.2, 0) is 13.0 Å². The number of hydrogen-bond donors (Lipinski definition) is 0. The van der Waals surface area contributed by atoms with Gasteiger partial charge in [-0.05, 0) is 37.5 Å². The molecule has 3 rings (SSSR count). The quantitative estimate of drug-likeness (QED) is 0.559. The van der Waals surface area contributed by atoms with Crippen LogP contribution in [-0.4, -0.2) is 0 Å². The summed E-state index contributed by atoms with van der Waals surface area (Å²) in [7, 11) is 0. The smallest absolute Gasteiger partial charge is 0.339 e. The number of hydrogen-bond acceptors (Lipinski definition) is 3. The molecular formula is C21H21ClO3. The van der Waals surface area contributed by atoms with Crippen molar-refractivity contribution in [3.8, 4) is 5.75 Å². The number of rotatable bonds is 5. The fraction of sp³-hybridized carbons (Fsp3) is 0.286. The molecule has 0 saturated carbocycles. The Bertz CT molecular complexity index is 956. The van der Waals surface area contributed by atoms with Gasteiger partial charge in [0.2, 0.25) is 0 Å². The van der Waals surface area contributed by atoms with Gasteiger partial charge in [-0.3, -0.25) is 0 Å². The van der Waals surface area contributed by atoms with E-state index in [9.17, 15) is 4.79 Å². The van der Waals surface area contributed by atoms with E-state index in [0.717, 1.165) is 28.5 Å². The summed E-state index contributed by atoms with van der Waals surface area (Å²) in [5, 5.41) is 1.37. The molecule has 0 aliphatic heterocycles. The average Bonchev–Trinajstić information content (AvgIpc) is 2.59. The molecule has 0 aliphatic rings. The Morgan fingerprint density at radius 1 is 1.12 bits per heavy atom. The molecular weight excluding hydrogens is 336 g/mol. The third kappa shape index (κ3) is 3.72. The number of aryl methyl sites for hydroxylation is 2. The lowest BCUT2D eigenvalue weighted by Gasteiger charge is -2.12. The minimum absolute atomic E-state index is 0.279. The van der Waals surface area contributed by atoms with Crippen molar-refractivity contribution in [2.45, 2.75) is 40.2 Å². The predicted molar refractivity (Wildman–Crippen MR) is 102 cm³/mol. The van der Waals surface area contributed by atoms with Crippen LogP contribution >= 0.6 is 11.6 Å². The Morgan fingerprint density at radius 2 is 1.84 bits per heavy atom. The standard InChI is InChI=1S/C21H21ClO3/c1-4-5-16-14(3)17-10-18(22)20(11-19(17)25-21(16)23)24-12-15-8-6-13(2)7-9-15/h6-11H,4-5,12H2,1-3H3. The second-order valence-corrected chi connectivity index (χ2v) is 6.70. The van der Waals surface area contributed by atoms with Crippen molar-refractivity contribution < 1.29 is 9.15 Å². The summed E-state index contributed by atoms with van der Waals surface area (Å²) >= 11 is 6.39. The number of benzene rings is 2. The minimum Gasteiger partial charge on any atom is -0.487 e. The van der Waals surface area contributed by atoms with Crippen LogP contribution in [0.2, 0.25) is 5.02 Å². The van der Waals surface area contributed by atoms with E-state index in [0.29, 0.717) is 29.4 Å². The van der Waals surface area contributed by atoms with Gasteiger partial charge < -0.3 is 9.15 Å². The van der Waals surface area contributed by atoms with Gasteiger partial charge in [-0.15, -0.1) is 0 Å². The van der Waals surface area contributed by atoms with Crippen LogP contribution in [0.3, 0.4) is 0 Å². The van der Waals surface area contributed by atoms with Gasteiger partial charge in [0.25, 0.3) is 0 Å². The van der Waals surface area contributed by atoms with Crippen LogP contribution in [0.5, 0.6) is 5.75 Å². The zero-order valence-corrected chi connectivity index (χ0v) is 15.4. The molecule has 0 aliphatic carbocycles. The second-order valence-electron chi connectivity index (χ2n) is 6.30. The molecule has 0 bridgehead atoms. The highest BCUT2D eigenvalue weighted by Crippen LogP contribution is 2.32. The lowest BCUT2D eigenvalue weighted by atomic mass is 10.0. The number of fused-ring (bicyclic) bond motifs is 1. The highest BCUT2D eigenvalue weighted by molar-refractivity contribution is 6.32. The van der Waals surface area contributed by atoms with E-state index >= 15 is 0 Å². The Morgan fingerprint density at radius 3 is 2.52 bits per heavy atom. The largest absolute Gasteiger partial charge is 0.487 e. The minimum atomic E-state index is -0.279. The van der Waals surface area contributed by atoms with Gasteiger partial charge >= 0.3 is 5.63 Å². The molecule has 25 heavy (non-hydrogen) atoms. The summed E-state index contributed by atoms with van der Waals surface area (Å²) in [6.45, 7) is 6.43. The Balaban J connectivity index is 1.94. The molecule has 0 atom stereocenters. The summed E-state index contributed by atoms with van der Waals surface area (Å²) < 4.78 is 11.3. The van der Waals surface area contributed by atoms with Crippen LogP contribution in [0, 0.1) is 13.8 Å². The van der Waals surface area contributed by atoms with Crippen molar-refractivity contribution in [2.24, 2.45) is 0 Å². The second kappa shape index (κ2) is 7.32. The normalized spacial score (nSPS) is 11.0. The van der Waals surface area contributed by atoms with Crippen LogP contribution in [0.25, 0.3) is 11.0 Å².